The van der Waals surface area contributed by atoms with Crippen molar-refractivity contribution in [2.24, 2.45) is 5.92 Å². The van der Waals surface area contributed by atoms with Gasteiger partial charge in [-0.25, -0.2) is 0 Å². The van der Waals surface area contributed by atoms with E-state index >= 15 is 0 Å². The predicted molar refractivity (Wildman–Crippen MR) is 61.1 cm³/mol. The van der Waals surface area contributed by atoms with Crippen LogP contribution in [0.4, 0.5) is 0 Å². The molecule has 0 saturated carbocycles. The Morgan fingerprint density at radius 1 is 1.40 bits per heavy atom. The second-order valence-electron chi connectivity index (χ2n) is 4.31. The van der Waals surface area contributed by atoms with E-state index in [1.807, 2.05) is 7.05 Å². The highest BCUT2D eigenvalue weighted by atomic mass is 16.5. The van der Waals surface area contributed by atoms with E-state index in [1.165, 1.54) is 13.0 Å². The minimum absolute atomic E-state index is 0.441. The van der Waals surface area contributed by atoms with Crippen molar-refractivity contribution >= 4 is 0 Å². The molecule has 1 heterocycles. The highest BCUT2D eigenvalue weighted by Gasteiger charge is 2.23. The van der Waals surface area contributed by atoms with Gasteiger partial charge in [-0.05, 0) is 25.9 Å². The average Bonchev–Trinajstić information content (AvgIpc) is 2.66. The Balaban J connectivity index is 2.21. The number of hydrogen-bond acceptors (Lipinski definition) is 4. The van der Waals surface area contributed by atoms with E-state index in [9.17, 15) is 0 Å². The lowest BCUT2D eigenvalue weighted by Crippen LogP contribution is -2.41. The highest BCUT2D eigenvalue weighted by Crippen LogP contribution is 2.16. The van der Waals surface area contributed by atoms with Gasteiger partial charge in [0.1, 0.15) is 0 Å². The lowest BCUT2D eigenvalue weighted by atomic mass is 10.1. The van der Waals surface area contributed by atoms with E-state index in [4.69, 9.17) is 9.47 Å². The van der Waals surface area contributed by atoms with Crippen molar-refractivity contribution in [1.29, 1.82) is 0 Å². The van der Waals surface area contributed by atoms with Gasteiger partial charge in [0.05, 0.1) is 13.2 Å². The molecule has 1 aliphatic heterocycles. The van der Waals surface area contributed by atoms with Crippen LogP contribution in [0.1, 0.15) is 6.42 Å². The van der Waals surface area contributed by atoms with Gasteiger partial charge in [-0.2, -0.15) is 0 Å². The molecule has 1 fully saturated rings. The molecule has 0 radical (unpaired) electrons. The summed E-state index contributed by atoms with van der Waals surface area (Å²) >= 11 is 0. The number of rotatable bonds is 7. The summed E-state index contributed by atoms with van der Waals surface area (Å²) in [5.41, 5.74) is 0. The first-order chi connectivity index (χ1) is 7.30. The summed E-state index contributed by atoms with van der Waals surface area (Å²) in [6.07, 6.45) is 1.26. The Hall–Kier alpha value is -0.160. The van der Waals surface area contributed by atoms with Crippen LogP contribution in [0.25, 0.3) is 0 Å². The lowest BCUT2D eigenvalue weighted by molar-refractivity contribution is 0.137. The maximum Gasteiger partial charge on any atom is 0.0628 e. The smallest absolute Gasteiger partial charge is 0.0628 e. The Morgan fingerprint density at radius 3 is 2.80 bits per heavy atom. The first-order valence-corrected chi connectivity index (χ1v) is 5.67. The predicted octanol–water partition coefficient (Wildman–Crippen LogP) is 0.189. The summed E-state index contributed by atoms with van der Waals surface area (Å²) in [4.78, 5) is 2.49. The highest BCUT2D eigenvalue weighted by molar-refractivity contribution is 4.79. The summed E-state index contributed by atoms with van der Waals surface area (Å²) in [7, 11) is 5.53. The normalized spacial score (nSPS) is 24.6. The molecule has 0 spiro atoms. The largest absolute Gasteiger partial charge is 0.384 e. The van der Waals surface area contributed by atoms with Crippen molar-refractivity contribution in [3.63, 3.8) is 0 Å². The lowest BCUT2D eigenvalue weighted by Gasteiger charge is -2.22. The van der Waals surface area contributed by atoms with Crippen molar-refractivity contribution in [3.8, 4) is 0 Å². The third-order valence-corrected chi connectivity index (χ3v) is 3.03. The fourth-order valence-electron chi connectivity index (χ4n) is 2.19. The molecule has 1 N–H and O–H groups in total. The van der Waals surface area contributed by atoms with Crippen LogP contribution in [-0.4, -0.2) is 65.1 Å². The Kier molecular flexibility index (Phi) is 6.17. The van der Waals surface area contributed by atoms with Gasteiger partial charge in [-0.1, -0.05) is 0 Å². The second kappa shape index (κ2) is 7.17. The summed E-state index contributed by atoms with van der Waals surface area (Å²) in [5.74, 6) is 0.718. The van der Waals surface area contributed by atoms with E-state index in [0.29, 0.717) is 6.04 Å². The Bertz CT molecular complexity index is 167. The molecule has 0 aliphatic carbocycles. The maximum atomic E-state index is 5.19. The Morgan fingerprint density at radius 2 is 2.20 bits per heavy atom. The molecule has 1 aliphatic rings. The number of hydrogen-bond donors (Lipinski definition) is 1. The molecule has 0 bridgehead atoms. The SMILES string of the molecule is CNC(COC)CN1CCC(COC)C1. The molecule has 0 aromatic carbocycles. The number of likely N-dealkylation sites (N-methyl/N-ethyl adjacent to an activating group) is 1. The number of likely N-dealkylation sites (tertiary alicyclic amines) is 1. The van der Waals surface area contributed by atoms with E-state index in [0.717, 1.165) is 32.2 Å². The van der Waals surface area contributed by atoms with E-state index < -0.39 is 0 Å². The van der Waals surface area contributed by atoms with Crippen LogP contribution in [0, 0.1) is 5.92 Å². The monoisotopic (exact) mass is 216 g/mol. The maximum absolute atomic E-state index is 5.19. The quantitative estimate of drug-likeness (QED) is 0.659. The van der Waals surface area contributed by atoms with E-state index in [1.54, 1.807) is 14.2 Å². The van der Waals surface area contributed by atoms with Gasteiger partial charge in [-0.3, -0.25) is 0 Å². The van der Waals surface area contributed by atoms with Gasteiger partial charge >= 0.3 is 0 Å². The molecule has 0 aromatic heterocycles. The molecule has 2 atom stereocenters. The first-order valence-electron chi connectivity index (χ1n) is 5.67. The molecule has 0 aromatic rings. The van der Waals surface area contributed by atoms with Crippen LogP contribution in [0.3, 0.4) is 0 Å². The number of methoxy groups -OCH3 is 2. The van der Waals surface area contributed by atoms with Crippen LogP contribution in [0.5, 0.6) is 0 Å². The fraction of sp³-hybridized carbons (Fsp3) is 1.00. The summed E-state index contributed by atoms with van der Waals surface area (Å²) in [6, 6.07) is 0.441. The third kappa shape index (κ3) is 4.47. The van der Waals surface area contributed by atoms with Crippen molar-refractivity contribution < 1.29 is 9.47 Å². The number of ether oxygens (including phenoxy) is 2. The van der Waals surface area contributed by atoms with Gasteiger partial charge in [0, 0.05) is 33.4 Å². The molecule has 4 nitrogen and oxygen atoms in total. The molecular weight excluding hydrogens is 192 g/mol. The summed E-state index contributed by atoms with van der Waals surface area (Å²) < 4.78 is 10.4. The number of nitrogens with one attached hydrogen (secondary N) is 1. The molecule has 1 saturated heterocycles. The molecule has 15 heavy (non-hydrogen) atoms. The van der Waals surface area contributed by atoms with Crippen molar-refractivity contribution in [1.82, 2.24) is 10.2 Å². The average molecular weight is 216 g/mol. The molecule has 0 amide bonds. The fourth-order valence-corrected chi connectivity index (χ4v) is 2.19. The molecule has 4 heteroatoms. The van der Waals surface area contributed by atoms with Crippen LogP contribution in [-0.2, 0) is 9.47 Å². The topological polar surface area (TPSA) is 33.7 Å². The summed E-state index contributed by atoms with van der Waals surface area (Å²) in [6.45, 7) is 5.10. The van der Waals surface area contributed by atoms with Crippen molar-refractivity contribution in [3.05, 3.63) is 0 Å². The zero-order chi connectivity index (χ0) is 11.1. The van der Waals surface area contributed by atoms with Gasteiger partial charge in [0.15, 0.2) is 0 Å². The summed E-state index contributed by atoms with van der Waals surface area (Å²) in [5, 5.41) is 3.28. The Labute approximate surface area is 92.9 Å². The van der Waals surface area contributed by atoms with Crippen molar-refractivity contribution in [2.75, 3.05) is 54.1 Å². The van der Waals surface area contributed by atoms with Crippen LogP contribution in [0.15, 0.2) is 0 Å². The molecular formula is C11H24N2O2. The third-order valence-electron chi connectivity index (χ3n) is 3.03. The second-order valence-corrected chi connectivity index (χ2v) is 4.31. The van der Waals surface area contributed by atoms with Crippen molar-refractivity contribution in [2.45, 2.75) is 12.5 Å². The van der Waals surface area contributed by atoms with Gasteiger partial charge in [0.25, 0.3) is 0 Å². The zero-order valence-corrected chi connectivity index (χ0v) is 10.2. The number of nitrogens with zero attached hydrogens (tertiary/aromatic N) is 1. The van der Waals surface area contributed by atoms with Gasteiger partial charge < -0.3 is 19.7 Å². The van der Waals surface area contributed by atoms with Crippen LogP contribution in [0.2, 0.25) is 0 Å². The molecule has 1 rings (SSSR count). The zero-order valence-electron chi connectivity index (χ0n) is 10.2. The minimum atomic E-state index is 0.441. The van der Waals surface area contributed by atoms with E-state index in [-0.39, 0.29) is 0 Å². The molecule has 90 valence electrons. The first kappa shape index (κ1) is 12.9. The van der Waals surface area contributed by atoms with Gasteiger partial charge in [0.2, 0.25) is 0 Å². The van der Waals surface area contributed by atoms with E-state index in [2.05, 4.69) is 10.2 Å². The molecule has 2 unspecified atom stereocenters. The van der Waals surface area contributed by atoms with Crippen LogP contribution >= 0.6 is 0 Å². The van der Waals surface area contributed by atoms with Crippen LogP contribution < -0.4 is 5.32 Å². The standard InChI is InChI=1S/C11H24N2O2/c1-12-11(9-15-3)7-13-5-4-10(6-13)8-14-2/h10-12H,4-9H2,1-3H3. The minimum Gasteiger partial charge on any atom is -0.384 e. The van der Waals surface area contributed by atoms with Gasteiger partial charge in [-0.15, -0.1) is 0 Å².